The molecule has 0 fully saturated rings. The van der Waals surface area contributed by atoms with Crippen LogP contribution in [0.4, 0.5) is 0 Å². The first-order valence-electron chi connectivity index (χ1n) is 9.46. The first kappa shape index (κ1) is 16.7. The van der Waals surface area contributed by atoms with Crippen molar-refractivity contribution in [2.45, 2.75) is 13.8 Å². The number of aryl methyl sites for hydroxylation is 3. The molecule has 3 aromatic heterocycles. The van der Waals surface area contributed by atoms with Gasteiger partial charge in [-0.1, -0.05) is 42.0 Å². The van der Waals surface area contributed by atoms with Crippen molar-refractivity contribution in [1.29, 1.82) is 0 Å². The Hall–Kier alpha value is -3.46. The molecule has 0 aliphatic heterocycles. The molecular weight excluding hydrogens is 344 g/mol. The van der Waals surface area contributed by atoms with E-state index in [9.17, 15) is 0 Å². The maximum atomic E-state index is 6.18. The third-order valence-electron chi connectivity index (χ3n) is 5.37. The van der Waals surface area contributed by atoms with Crippen molar-refractivity contribution in [2.24, 2.45) is 7.05 Å². The lowest BCUT2D eigenvalue weighted by Gasteiger charge is -2.07. The summed E-state index contributed by atoms with van der Waals surface area (Å²) in [6.45, 7) is 4.25. The fourth-order valence-corrected chi connectivity index (χ4v) is 3.95. The van der Waals surface area contributed by atoms with Crippen molar-refractivity contribution < 1.29 is 8.98 Å². The molecule has 0 spiro atoms. The molecule has 136 valence electrons. The van der Waals surface area contributed by atoms with E-state index < -0.39 is 0 Å². The monoisotopic (exact) mass is 365 g/mol. The predicted molar refractivity (Wildman–Crippen MR) is 113 cm³/mol. The van der Waals surface area contributed by atoms with E-state index in [4.69, 9.17) is 4.42 Å². The van der Waals surface area contributed by atoms with Gasteiger partial charge in [0.1, 0.15) is 7.05 Å². The summed E-state index contributed by atoms with van der Waals surface area (Å²) in [4.78, 5) is 4.39. The molecule has 5 rings (SSSR count). The van der Waals surface area contributed by atoms with E-state index in [2.05, 4.69) is 91.2 Å². The summed E-state index contributed by atoms with van der Waals surface area (Å²) >= 11 is 0. The van der Waals surface area contributed by atoms with Gasteiger partial charge in [0.2, 0.25) is 11.4 Å². The Morgan fingerprint density at radius 2 is 1.75 bits per heavy atom. The maximum Gasteiger partial charge on any atom is 0.227 e. The van der Waals surface area contributed by atoms with Crippen molar-refractivity contribution >= 4 is 22.1 Å². The molecule has 28 heavy (non-hydrogen) atoms. The number of furan rings is 1. The van der Waals surface area contributed by atoms with Crippen LogP contribution in [-0.2, 0) is 7.05 Å². The zero-order valence-electron chi connectivity index (χ0n) is 16.2. The molecule has 0 bridgehead atoms. The fraction of sp³-hybridized carbons (Fsp3) is 0.120. The van der Waals surface area contributed by atoms with Crippen LogP contribution in [-0.4, -0.2) is 4.98 Å². The SMILES string of the molecule is Cc1cccc(-c2ccc(-c3c(C)ccc4c3oc3ncccc34)[n+](C)c2)c1. The highest BCUT2D eigenvalue weighted by molar-refractivity contribution is 6.08. The zero-order valence-corrected chi connectivity index (χ0v) is 16.2. The van der Waals surface area contributed by atoms with Crippen molar-refractivity contribution in [2.75, 3.05) is 0 Å². The van der Waals surface area contributed by atoms with E-state index in [-0.39, 0.29) is 0 Å². The molecule has 0 aliphatic carbocycles. The quantitative estimate of drug-likeness (QED) is 0.373. The minimum Gasteiger partial charge on any atom is -0.437 e. The van der Waals surface area contributed by atoms with Gasteiger partial charge in [-0.05, 0) is 43.2 Å². The van der Waals surface area contributed by atoms with Gasteiger partial charge in [-0.3, -0.25) is 0 Å². The number of aromatic nitrogens is 2. The molecule has 0 N–H and O–H groups in total. The number of hydrogen-bond donors (Lipinski definition) is 0. The van der Waals surface area contributed by atoms with Gasteiger partial charge >= 0.3 is 0 Å². The van der Waals surface area contributed by atoms with Gasteiger partial charge in [0.05, 0.1) is 5.56 Å². The molecule has 3 heteroatoms. The van der Waals surface area contributed by atoms with Crippen LogP contribution in [0, 0.1) is 13.8 Å². The first-order valence-corrected chi connectivity index (χ1v) is 9.46. The van der Waals surface area contributed by atoms with Crippen LogP contribution in [0.2, 0.25) is 0 Å². The van der Waals surface area contributed by atoms with E-state index in [0.29, 0.717) is 5.71 Å². The molecule has 0 unspecified atom stereocenters. The molecule has 3 nitrogen and oxygen atoms in total. The standard InChI is InChI=1S/C25H21N2O/c1-16-6-4-7-18(14-16)19-10-12-22(27(3)15-19)23-17(2)9-11-20-21-8-5-13-26-25(21)28-24(20)23/h4-15H,1-3H3/q+1. The Morgan fingerprint density at radius 3 is 2.57 bits per heavy atom. The highest BCUT2D eigenvalue weighted by atomic mass is 16.3. The van der Waals surface area contributed by atoms with E-state index in [1.54, 1.807) is 6.20 Å². The second-order valence-corrected chi connectivity index (χ2v) is 7.38. The summed E-state index contributed by atoms with van der Waals surface area (Å²) in [5.41, 5.74) is 8.70. The largest absolute Gasteiger partial charge is 0.437 e. The van der Waals surface area contributed by atoms with Crippen LogP contribution in [0.25, 0.3) is 44.5 Å². The number of fused-ring (bicyclic) bond motifs is 3. The summed E-state index contributed by atoms with van der Waals surface area (Å²) in [6, 6.07) is 21.3. The summed E-state index contributed by atoms with van der Waals surface area (Å²) in [6.07, 6.45) is 3.96. The highest BCUT2D eigenvalue weighted by Crippen LogP contribution is 2.36. The molecule has 0 saturated carbocycles. The topological polar surface area (TPSA) is 29.9 Å². The molecule has 0 atom stereocenters. The Labute approximate surface area is 163 Å². The van der Waals surface area contributed by atoms with Crippen molar-refractivity contribution in [3.8, 4) is 22.4 Å². The molecule has 5 aromatic rings. The smallest absolute Gasteiger partial charge is 0.227 e. The number of nitrogens with zero attached hydrogens (tertiary/aromatic N) is 2. The van der Waals surface area contributed by atoms with Crippen LogP contribution in [0.5, 0.6) is 0 Å². The normalized spacial score (nSPS) is 11.4. The number of rotatable bonds is 2. The zero-order chi connectivity index (χ0) is 19.3. The molecule has 2 aromatic carbocycles. The van der Waals surface area contributed by atoms with Crippen LogP contribution in [0.15, 0.2) is 77.5 Å². The van der Waals surface area contributed by atoms with Gasteiger partial charge in [0, 0.05) is 28.6 Å². The fourth-order valence-electron chi connectivity index (χ4n) is 3.95. The molecule has 0 amide bonds. The number of benzene rings is 2. The minimum atomic E-state index is 0.684. The predicted octanol–water partition coefficient (Wildman–Crippen LogP) is 5.76. The van der Waals surface area contributed by atoms with Gasteiger partial charge in [0.25, 0.3) is 0 Å². The molecule has 3 heterocycles. The Morgan fingerprint density at radius 1 is 0.857 bits per heavy atom. The van der Waals surface area contributed by atoms with Crippen molar-refractivity contribution in [1.82, 2.24) is 4.98 Å². The van der Waals surface area contributed by atoms with Gasteiger partial charge < -0.3 is 4.42 Å². The lowest BCUT2D eigenvalue weighted by atomic mass is 9.99. The molecule has 0 radical (unpaired) electrons. The Kier molecular flexibility index (Phi) is 3.76. The number of pyridine rings is 2. The molecular formula is C25H21N2O+. The van der Waals surface area contributed by atoms with Crippen LogP contribution in [0.3, 0.4) is 0 Å². The second kappa shape index (κ2) is 6.31. The van der Waals surface area contributed by atoms with E-state index in [1.165, 1.54) is 22.3 Å². The summed E-state index contributed by atoms with van der Waals surface area (Å²) in [5.74, 6) is 0. The van der Waals surface area contributed by atoms with E-state index in [0.717, 1.165) is 27.6 Å². The van der Waals surface area contributed by atoms with Crippen molar-refractivity contribution in [3.63, 3.8) is 0 Å². The summed E-state index contributed by atoms with van der Waals surface area (Å²) in [5, 5.41) is 2.16. The lowest BCUT2D eigenvalue weighted by molar-refractivity contribution is -0.659. The average Bonchev–Trinajstić information content (AvgIpc) is 3.07. The van der Waals surface area contributed by atoms with Gasteiger partial charge in [-0.15, -0.1) is 0 Å². The van der Waals surface area contributed by atoms with E-state index >= 15 is 0 Å². The van der Waals surface area contributed by atoms with Gasteiger partial charge in [0.15, 0.2) is 11.8 Å². The Balaban J connectivity index is 1.73. The van der Waals surface area contributed by atoms with Crippen LogP contribution >= 0.6 is 0 Å². The van der Waals surface area contributed by atoms with Crippen LogP contribution in [0.1, 0.15) is 11.1 Å². The van der Waals surface area contributed by atoms with Crippen LogP contribution < -0.4 is 4.57 Å². The third kappa shape index (κ3) is 2.59. The summed E-state index contributed by atoms with van der Waals surface area (Å²) < 4.78 is 8.36. The third-order valence-corrected chi connectivity index (χ3v) is 5.37. The summed E-state index contributed by atoms with van der Waals surface area (Å²) in [7, 11) is 2.09. The van der Waals surface area contributed by atoms with Gasteiger partial charge in [-0.25, -0.2) is 9.55 Å². The van der Waals surface area contributed by atoms with Gasteiger partial charge in [-0.2, -0.15) is 0 Å². The molecule has 0 saturated heterocycles. The van der Waals surface area contributed by atoms with E-state index in [1.807, 2.05) is 6.07 Å². The van der Waals surface area contributed by atoms with Crippen molar-refractivity contribution in [3.05, 3.63) is 84.2 Å². The highest BCUT2D eigenvalue weighted by Gasteiger charge is 2.21. The first-order chi connectivity index (χ1) is 13.6. The Bertz CT molecular complexity index is 1350. The lowest BCUT2D eigenvalue weighted by Crippen LogP contribution is -2.31. The second-order valence-electron chi connectivity index (χ2n) is 7.38. The molecule has 0 aliphatic rings. The maximum absolute atomic E-state index is 6.18. The number of hydrogen-bond acceptors (Lipinski definition) is 2. The minimum absolute atomic E-state index is 0.684. The average molecular weight is 365 g/mol.